The summed E-state index contributed by atoms with van der Waals surface area (Å²) in [6.45, 7) is 0. The van der Waals surface area contributed by atoms with Crippen molar-refractivity contribution in [3.63, 3.8) is 0 Å². The lowest BCUT2D eigenvalue weighted by Gasteiger charge is -2.12. The van der Waals surface area contributed by atoms with Crippen LogP contribution >= 0.6 is 23.4 Å². The minimum Gasteiger partial charge on any atom is -0.325 e. The highest BCUT2D eigenvalue weighted by Crippen LogP contribution is 2.36. The maximum Gasteiger partial charge on any atom is 0.417 e. The molecule has 3 aromatic rings. The molecule has 2 aromatic carbocycles. The summed E-state index contributed by atoms with van der Waals surface area (Å²) >= 11 is 6.57. The van der Waals surface area contributed by atoms with Crippen LogP contribution in [0.3, 0.4) is 0 Å². The molecule has 0 radical (unpaired) electrons. The molecule has 0 atom stereocenters. The molecule has 28 heavy (non-hydrogen) atoms. The van der Waals surface area contributed by atoms with Crippen molar-refractivity contribution in [1.29, 1.82) is 0 Å². The molecule has 0 saturated carbocycles. The van der Waals surface area contributed by atoms with Crippen molar-refractivity contribution in [2.24, 2.45) is 7.05 Å². The van der Waals surface area contributed by atoms with E-state index in [9.17, 15) is 22.8 Å². The number of thioether (sulfide) groups is 1. The fourth-order valence-electron chi connectivity index (χ4n) is 2.47. The number of benzene rings is 2. The molecule has 5 nitrogen and oxygen atoms in total. The van der Waals surface area contributed by atoms with E-state index in [1.165, 1.54) is 17.7 Å². The number of carbonyl (C=O) groups excluding carboxylic acids is 1. The van der Waals surface area contributed by atoms with Crippen molar-refractivity contribution < 1.29 is 18.0 Å². The number of halogens is 4. The first-order chi connectivity index (χ1) is 13.2. The van der Waals surface area contributed by atoms with Crippen LogP contribution in [0.2, 0.25) is 5.02 Å². The van der Waals surface area contributed by atoms with E-state index in [2.05, 4.69) is 10.3 Å². The predicted molar refractivity (Wildman–Crippen MR) is 103 cm³/mol. The Morgan fingerprint density at radius 1 is 1.25 bits per heavy atom. The van der Waals surface area contributed by atoms with Crippen molar-refractivity contribution in [2.45, 2.75) is 11.3 Å². The van der Waals surface area contributed by atoms with Crippen LogP contribution in [0.5, 0.6) is 0 Å². The highest BCUT2D eigenvalue weighted by molar-refractivity contribution is 7.99. The van der Waals surface area contributed by atoms with Gasteiger partial charge in [0.25, 0.3) is 5.56 Å². The second kappa shape index (κ2) is 7.84. The fraction of sp³-hybridized carbons (Fsp3) is 0.167. The first-order valence-corrected chi connectivity index (χ1v) is 9.28. The van der Waals surface area contributed by atoms with E-state index in [-0.39, 0.29) is 17.0 Å². The summed E-state index contributed by atoms with van der Waals surface area (Å²) in [4.78, 5) is 28.8. The molecule has 0 aliphatic heterocycles. The van der Waals surface area contributed by atoms with Gasteiger partial charge in [-0.1, -0.05) is 35.5 Å². The Morgan fingerprint density at radius 2 is 1.96 bits per heavy atom. The van der Waals surface area contributed by atoms with Crippen LogP contribution in [0.15, 0.2) is 52.4 Å². The van der Waals surface area contributed by atoms with Gasteiger partial charge in [-0.2, -0.15) is 13.2 Å². The monoisotopic (exact) mass is 427 g/mol. The van der Waals surface area contributed by atoms with Gasteiger partial charge in [-0.15, -0.1) is 0 Å². The minimum atomic E-state index is -4.63. The van der Waals surface area contributed by atoms with Gasteiger partial charge in [0.2, 0.25) is 5.91 Å². The van der Waals surface area contributed by atoms with E-state index >= 15 is 0 Å². The van der Waals surface area contributed by atoms with E-state index in [1.807, 2.05) is 0 Å². The van der Waals surface area contributed by atoms with Gasteiger partial charge >= 0.3 is 6.18 Å². The normalized spacial score (nSPS) is 11.6. The van der Waals surface area contributed by atoms with Gasteiger partial charge in [0.15, 0.2) is 5.16 Å². The van der Waals surface area contributed by atoms with Crippen LogP contribution in [0.25, 0.3) is 10.9 Å². The molecule has 0 aliphatic rings. The highest BCUT2D eigenvalue weighted by Gasteiger charge is 2.33. The number of amides is 1. The molecule has 3 rings (SSSR count). The molecule has 0 aliphatic carbocycles. The van der Waals surface area contributed by atoms with Crippen LogP contribution in [0, 0.1) is 0 Å². The van der Waals surface area contributed by atoms with Crippen LogP contribution in [-0.4, -0.2) is 21.2 Å². The first-order valence-electron chi connectivity index (χ1n) is 7.92. The average Bonchev–Trinajstić information content (AvgIpc) is 2.64. The Bertz CT molecular complexity index is 1120. The number of nitrogens with one attached hydrogen (secondary N) is 1. The molecule has 0 unspecified atom stereocenters. The van der Waals surface area contributed by atoms with Gasteiger partial charge in [0.05, 0.1) is 27.2 Å². The molecule has 0 fully saturated rings. The number of fused-ring (bicyclic) bond motifs is 1. The molecular weight excluding hydrogens is 415 g/mol. The van der Waals surface area contributed by atoms with Crippen molar-refractivity contribution in [3.05, 3.63) is 63.4 Å². The Balaban J connectivity index is 1.74. The summed E-state index contributed by atoms with van der Waals surface area (Å²) in [5, 5.41) is 2.72. The number of alkyl halides is 3. The molecule has 0 saturated heterocycles. The van der Waals surface area contributed by atoms with E-state index in [0.29, 0.717) is 16.1 Å². The van der Waals surface area contributed by atoms with Crippen LogP contribution in [0.1, 0.15) is 5.56 Å². The number of aromatic nitrogens is 2. The zero-order chi connectivity index (χ0) is 20.5. The van der Waals surface area contributed by atoms with E-state index < -0.39 is 22.7 Å². The maximum atomic E-state index is 12.9. The number of para-hydroxylation sites is 1. The molecule has 0 spiro atoms. The molecule has 0 bridgehead atoms. The third-order valence-corrected chi connectivity index (χ3v) is 5.19. The van der Waals surface area contributed by atoms with Crippen LogP contribution < -0.4 is 10.9 Å². The topological polar surface area (TPSA) is 64.0 Å². The van der Waals surface area contributed by atoms with Gasteiger partial charge in [0, 0.05) is 12.7 Å². The van der Waals surface area contributed by atoms with Gasteiger partial charge in [-0.05, 0) is 30.3 Å². The molecule has 146 valence electrons. The van der Waals surface area contributed by atoms with Crippen molar-refractivity contribution in [2.75, 3.05) is 11.1 Å². The zero-order valence-corrected chi connectivity index (χ0v) is 16.0. The van der Waals surface area contributed by atoms with Crippen molar-refractivity contribution in [1.82, 2.24) is 9.55 Å². The van der Waals surface area contributed by atoms with E-state index in [4.69, 9.17) is 11.6 Å². The minimum absolute atomic E-state index is 0.0253. The summed E-state index contributed by atoms with van der Waals surface area (Å²) in [5.74, 6) is -0.675. The average molecular weight is 428 g/mol. The number of hydrogen-bond donors (Lipinski definition) is 1. The lowest BCUT2D eigenvalue weighted by Crippen LogP contribution is -2.21. The Labute approximate surface area is 166 Å². The standard InChI is InChI=1S/C18H13ClF3N3O2S/c1-25-16(27)11-4-2-3-5-14(11)24-17(25)28-9-15(26)23-10-6-7-13(19)12(8-10)18(20,21)22/h2-8H,9H2,1H3,(H,23,26). The van der Waals surface area contributed by atoms with E-state index in [1.54, 1.807) is 24.3 Å². The number of hydrogen-bond acceptors (Lipinski definition) is 4. The molecular formula is C18H13ClF3N3O2S. The highest BCUT2D eigenvalue weighted by atomic mass is 35.5. The van der Waals surface area contributed by atoms with Gasteiger partial charge in [-0.3, -0.25) is 14.2 Å². The second-order valence-electron chi connectivity index (χ2n) is 5.80. The van der Waals surface area contributed by atoms with Gasteiger partial charge < -0.3 is 5.32 Å². The zero-order valence-electron chi connectivity index (χ0n) is 14.4. The molecule has 10 heteroatoms. The summed E-state index contributed by atoms with van der Waals surface area (Å²) in [5.41, 5.74) is -0.803. The Hall–Kier alpha value is -2.52. The Morgan fingerprint density at radius 3 is 2.68 bits per heavy atom. The smallest absolute Gasteiger partial charge is 0.325 e. The third-order valence-electron chi connectivity index (χ3n) is 3.83. The lowest BCUT2D eigenvalue weighted by atomic mass is 10.2. The van der Waals surface area contributed by atoms with E-state index in [0.717, 1.165) is 23.9 Å². The fourth-order valence-corrected chi connectivity index (χ4v) is 3.47. The number of nitrogens with zero attached hydrogens (tertiary/aromatic N) is 2. The number of anilines is 1. The predicted octanol–water partition coefficient (Wildman–Crippen LogP) is 4.34. The van der Waals surface area contributed by atoms with Crippen LogP contribution in [0.4, 0.5) is 18.9 Å². The second-order valence-corrected chi connectivity index (χ2v) is 7.15. The largest absolute Gasteiger partial charge is 0.417 e. The Kier molecular flexibility index (Phi) is 5.66. The van der Waals surface area contributed by atoms with Crippen molar-refractivity contribution >= 4 is 45.9 Å². The molecule has 1 amide bonds. The lowest BCUT2D eigenvalue weighted by molar-refractivity contribution is -0.137. The molecule has 1 N–H and O–H groups in total. The molecule has 1 heterocycles. The number of rotatable bonds is 4. The summed E-state index contributed by atoms with van der Waals surface area (Å²) in [6, 6.07) is 9.94. The molecule has 1 aromatic heterocycles. The number of carbonyl (C=O) groups is 1. The third kappa shape index (κ3) is 4.31. The van der Waals surface area contributed by atoms with Crippen LogP contribution in [-0.2, 0) is 18.0 Å². The van der Waals surface area contributed by atoms with Gasteiger partial charge in [0.1, 0.15) is 0 Å². The summed E-state index contributed by atoms with van der Waals surface area (Å²) in [6.07, 6.45) is -4.63. The van der Waals surface area contributed by atoms with Crippen molar-refractivity contribution in [3.8, 4) is 0 Å². The quantitative estimate of drug-likeness (QED) is 0.497. The summed E-state index contributed by atoms with van der Waals surface area (Å²) in [7, 11) is 1.54. The first kappa shape index (κ1) is 20.2. The van der Waals surface area contributed by atoms with Gasteiger partial charge in [-0.25, -0.2) is 4.98 Å². The maximum absolute atomic E-state index is 12.9. The summed E-state index contributed by atoms with van der Waals surface area (Å²) < 4.78 is 40.0. The SMILES string of the molecule is Cn1c(SCC(=O)Nc2ccc(Cl)c(C(F)(F)F)c2)nc2ccccc2c1=O.